The monoisotopic (exact) mass is 354 g/mol. The molecule has 0 rings (SSSR count). The topological polar surface area (TPSA) is 27.7 Å². The Bertz CT molecular complexity index is 251. The van der Waals surface area contributed by atoms with Gasteiger partial charge in [-0.1, -0.05) is 0 Å². The molecule has 0 N–H and O–H groups in total. The summed E-state index contributed by atoms with van der Waals surface area (Å²) in [5.41, 5.74) is 0. The fraction of sp³-hybridized carbons (Fsp3) is 1.00. The van der Waals surface area contributed by atoms with Crippen molar-refractivity contribution in [1.29, 1.82) is 0 Å². The second kappa shape index (κ2) is 9.78. The Morgan fingerprint density at radius 3 is 0.955 bits per heavy atom. The third kappa shape index (κ3) is 5.04. The van der Waals surface area contributed by atoms with Gasteiger partial charge in [-0.25, -0.2) is 0 Å². The van der Waals surface area contributed by atoms with Crippen LogP contribution in [0, 0.1) is 0 Å². The summed E-state index contributed by atoms with van der Waals surface area (Å²) in [7, 11) is 0. The van der Waals surface area contributed by atoms with E-state index in [0.29, 0.717) is 19.8 Å². The molecule has 136 valence electrons. The average molecular weight is 354 g/mol. The Balaban J connectivity index is 6.08. The Morgan fingerprint density at radius 2 is 0.773 bits per heavy atom. The molecule has 0 amide bonds. The van der Waals surface area contributed by atoms with Crippen molar-refractivity contribution in [2.75, 3.05) is 19.8 Å². The van der Waals surface area contributed by atoms with Crippen LogP contribution in [-0.4, -0.2) is 19.8 Å². The molecule has 0 unspecified atom stereocenters. The van der Waals surface area contributed by atoms with Crippen molar-refractivity contribution >= 4 is 0 Å². The van der Waals surface area contributed by atoms with Crippen molar-refractivity contribution in [3.05, 3.63) is 0 Å². The van der Waals surface area contributed by atoms with Crippen molar-refractivity contribution in [1.82, 2.24) is 0 Å². The summed E-state index contributed by atoms with van der Waals surface area (Å²) >= 11 is -4.43. The normalized spacial score (nSPS) is 15.5. The fourth-order valence-corrected chi connectivity index (χ4v) is 17.9. The van der Waals surface area contributed by atoms with Gasteiger partial charge in [-0.05, 0) is 0 Å². The van der Waals surface area contributed by atoms with E-state index >= 15 is 0 Å². The van der Waals surface area contributed by atoms with E-state index in [2.05, 4.69) is 41.5 Å². The zero-order chi connectivity index (χ0) is 17.0. The Morgan fingerprint density at radius 1 is 0.500 bits per heavy atom. The van der Waals surface area contributed by atoms with E-state index in [0.717, 1.165) is 52.7 Å². The first-order chi connectivity index (χ1) is 10.5. The average Bonchev–Trinajstić information content (AvgIpc) is 2.51. The number of hydrogen-bond acceptors (Lipinski definition) is 3. The van der Waals surface area contributed by atoms with Gasteiger partial charge in [0.05, 0.1) is 0 Å². The van der Waals surface area contributed by atoms with Crippen LogP contribution in [0.25, 0.3) is 0 Å². The predicted octanol–water partition coefficient (Wildman–Crippen LogP) is 6.72. The summed E-state index contributed by atoms with van der Waals surface area (Å²) in [5.74, 6) is 0. The number of unbranched alkanes of at least 4 members (excludes halogenated alkanes) is 3. The molecule has 0 aliphatic carbocycles. The zero-order valence-electron chi connectivity index (χ0n) is 16.2. The molecule has 0 saturated heterocycles. The van der Waals surface area contributed by atoms with Crippen molar-refractivity contribution in [2.45, 2.75) is 94.2 Å². The van der Waals surface area contributed by atoms with E-state index in [1.54, 1.807) is 0 Å². The zero-order valence-corrected chi connectivity index (χ0v) is 17.8. The maximum atomic E-state index is 6.74. The van der Waals surface area contributed by atoms with Crippen LogP contribution in [0.5, 0.6) is 0 Å². The molecule has 0 heterocycles. The summed E-state index contributed by atoms with van der Waals surface area (Å²) in [4.78, 5) is 0. The molecule has 0 aromatic carbocycles. The Labute approximate surface area is 139 Å². The summed E-state index contributed by atoms with van der Waals surface area (Å²) in [5, 5.41) is 0. The van der Waals surface area contributed by atoms with Gasteiger partial charge in [0, 0.05) is 0 Å². The van der Waals surface area contributed by atoms with E-state index in [-0.39, 0.29) is 0 Å². The van der Waals surface area contributed by atoms with Gasteiger partial charge in [0.1, 0.15) is 0 Å². The van der Waals surface area contributed by atoms with Crippen LogP contribution in [0.4, 0.5) is 0 Å². The van der Waals surface area contributed by atoms with Crippen LogP contribution in [0.2, 0.25) is 14.2 Å². The number of hydrogen-bond donors (Lipinski definition) is 0. The first-order valence-electron chi connectivity index (χ1n) is 9.78. The molecule has 0 bridgehead atoms. The summed E-state index contributed by atoms with van der Waals surface area (Å²) in [6, 6.07) is 0. The second-order valence-corrected chi connectivity index (χ2v) is 17.8. The minimum atomic E-state index is -4.43. The van der Waals surface area contributed by atoms with E-state index in [1.165, 1.54) is 0 Å². The van der Waals surface area contributed by atoms with E-state index in [9.17, 15) is 0 Å². The van der Waals surface area contributed by atoms with Crippen LogP contribution >= 0.6 is 0 Å². The van der Waals surface area contributed by atoms with Gasteiger partial charge >= 0.3 is 139 Å². The van der Waals surface area contributed by atoms with Gasteiger partial charge in [-0.3, -0.25) is 0 Å². The molecule has 0 saturated carbocycles. The molecular formula is C18H42O3Ti. The Hall–Kier alpha value is 0.594. The molecule has 0 aromatic rings. The third-order valence-electron chi connectivity index (χ3n) is 5.28. The van der Waals surface area contributed by atoms with Crippen molar-refractivity contribution in [2.24, 2.45) is 0 Å². The van der Waals surface area contributed by atoms with Crippen LogP contribution < -0.4 is 0 Å². The minimum absolute atomic E-state index is 0.696. The number of rotatable bonds is 15. The van der Waals surface area contributed by atoms with Crippen LogP contribution in [0.1, 0.15) is 80.1 Å². The van der Waals surface area contributed by atoms with Gasteiger partial charge < -0.3 is 0 Å². The van der Waals surface area contributed by atoms with Gasteiger partial charge in [0.25, 0.3) is 0 Å². The van der Waals surface area contributed by atoms with Crippen molar-refractivity contribution in [3.8, 4) is 0 Å². The summed E-state index contributed by atoms with van der Waals surface area (Å²) in [6.45, 7) is 15.1. The van der Waals surface area contributed by atoms with Gasteiger partial charge in [-0.15, -0.1) is 0 Å². The predicted molar refractivity (Wildman–Crippen MR) is 94.0 cm³/mol. The van der Waals surface area contributed by atoms with E-state index in [4.69, 9.17) is 9.96 Å². The molecule has 0 atom stereocenters. The quantitative estimate of drug-likeness (QED) is 0.305. The molecule has 0 aromatic heterocycles. The van der Waals surface area contributed by atoms with Crippen molar-refractivity contribution < 1.29 is 25.1 Å². The fourth-order valence-electron chi connectivity index (χ4n) is 4.35. The maximum absolute atomic E-state index is 6.74. The molecule has 22 heavy (non-hydrogen) atoms. The first kappa shape index (κ1) is 22.6. The molecule has 3 nitrogen and oxygen atoms in total. The summed E-state index contributed by atoms with van der Waals surface area (Å²) < 4.78 is 23.2. The standard InChI is InChI=1S/3C4H9.3C2H5O.Ti/c3*1-3-4-2;3*1-2-3;/h3*1,3-4H2,2H3;3*2H2,1H3;/q;;;3*-1;+3. The molecule has 0 aliphatic heterocycles. The Kier molecular flexibility index (Phi) is 10.0. The molecule has 0 aliphatic rings. The van der Waals surface area contributed by atoms with Gasteiger partial charge in [-0.2, -0.15) is 0 Å². The molecule has 0 fully saturated rings. The van der Waals surface area contributed by atoms with Crippen LogP contribution in [0.15, 0.2) is 0 Å². The van der Waals surface area contributed by atoms with Crippen LogP contribution in [0.3, 0.4) is 0 Å². The second-order valence-electron chi connectivity index (χ2n) is 6.91. The van der Waals surface area contributed by atoms with Gasteiger partial charge in [0.2, 0.25) is 0 Å². The van der Waals surface area contributed by atoms with Gasteiger partial charge in [0.15, 0.2) is 0 Å². The molecular weight excluding hydrogens is 312 g/mol. The summed E-state index contributed by atoms with van der Waals surface area (Å²) in [6.07, 6.45) is 6.90. The molecule has 4 heteroatoms. The third-order valence-corrected chi connectivity index (χ3v) is 18.4. The van der Waals surface area contributed by atoms with Crippen LogP contribution in [-0.2, 0) is 25.1 Å². The first-order valence-corrected chi connectivity index (χ1v) is 15.0. The SMILES string of the molecule is CCC[CH2][Ti]([CH2]CCC)([CH2]CCC)([O]CC)([O]CC)[O]CC. The molecule has 0 radical (unpaired) electrons. The molecule has 0 spiro atoms. The van der Waals surface area contributed by atoms with Crippen molar-refractivity contribution in [3.63, 3.8) is 0 Å². The van der Waals surface area contributed by atoms with E-state index in [1.807, 2.05) is 0 Å². The van der Waals surface area contributed by atoms with E-state index < -0.39 is 15.2 Å².